The molecule has 1 N–H and O–H groups in total. The second-order valence-electron chi connectivity index (χ2n) is 6.78. The summed E-state index contributed by atoms with van der Waals surface area (Å²) in [5.41, 5.74) is 4.05. The Hall–Kier alpha value is -2.33. The van der Waals surface area contributed by atoms with E-state index in [0.29, 0.717) is 6.54 Å². The van der Waals surface area contributed by atoms with Gasteiger partial charge in [0.05, 0.1) is 11.7 Å². The van der Waals surface area contributed by atoms with Crippen LogP contribution in [0, 0.1) is 0 Å². The molecular formula is C21H24N2O2. The van der Waals surface area contributed by atoms with Crippen LogP contribution in [0.25, 0.3) is 0 Å². The summed E-state index contributed by atoms with van der Waals surface area (Å²) in [5, 5.41) is 3.55. The topological polar surface area (TPSA) is 41.6 Å². The van der Waals surface area contributed by atoms with Crippen molar-refractivity contribution in [1.29, 1.82) is 0 Å². The molecule has 1 saturated heterocycles. The number of nitrogens with zero attached hydrogens (tertiary/aromatic N) is 1. The minimum atomic E-state index is -0.155. The smallest absolute Gasteiger partial charge is 0.257 e. The van der Waals surface area contributed by atoms with Crippen LogP contribution < -0.4 is 5.32 Å². The number of carbonyl (C=O) groups excluding carboxylic acids is 1. The maximum atomic E-state index is 13.1. The van der Waals surface area contributed by atoms with Gasteiger partial charge in [0.2, 0.25) is 0 Å². The van der Waals surface area contributed by atoms with Crippen molar-refractivity contribution < 1.29 is 9.53 Å². The maximum absolute atomic E-state index is 13.1. The summed E-state index contributed by atoms with van der Waals surface area (Å²) in [6, 6.07) is 16.3. The van der Waals surface area contributed by atoms with Gasteiger partial charge in [0, 0.05) is 18.8 Å². The number of hydrogen-bond donors (Lipinski definition) is 1. The highest BCUT2D eigenvalue weighted by Crippen LogP contribution is 2.34. The number of amides is 1. The second kappa shape index (κ2) is 6.89. The fourth-order valence-electron chi connectivity index (χ4n) is 3.69. The molecule has 0 bridgehead atoms. The lowest BCUT2D eigenvalue weighted by atomic mass is 10.0. The Bertz CT molecular complexity index is 751. The van der Waals surface area contributed by atoms with E-state index in [4.69, 9.17) is 4.74 Å². The van der Waals surface area contributed by atoms with Gasteiger partial charge < -0.3 is 15.0 Å². The minimum absolute atomic E-state index is 0.0782. The zero-order valence-corrected chi connectivity index (χ0v) is 14.6. The van der Waals surface area contributed by atoms with E-state index in [-0.39, 0.29) is 18.2 Å². The summed E-state index contributed by atoms with van der Waals surface area (Å²) in [4.78, 5) is 15.1. The molecule has 25 heavy (non-hydrogen) atoms. The van der Waals surface area contributed by atoms with Crippen molar-refractivity contribution in [2.24, 2.45) is 0 Å². The number of carbonyl (C=O) groups is 1. The lowest BCUT2D eigenvalue weighted by molar-refractivity contribution is 0.0427. The predicted molar refractivity (Wildman–Crippen MR) is 98.6 cm³/mol. The van der Waals surface area contributed by atoms with Gasteiger partial charge in [0.1, 0.15) is 6.17 Å². The van der Waals surface area contributed by atoms with Gasteiger partial charge in [-0.1, -0.05) is 43.3 Å². The molecule has 2 atom stereocenters. The number of aryl methyl sites for hydroxylation is 1. The lowest BCUT2D eigenvalue weighted by Gasteiger charge is -2.39. The van der Waals surface area contributed by atoms with Gasteiger partial charge in [0.25, 0.3) is 5.91 Å². The molecule has 2 aromatic rings. The van der Waals surface area contributed by atoms with Crippen molar-refractivity contribution in [2.75, 3.05) is 18.5 Å². The van der Waals surface area contributed by atoms with Gasteiger partial charge in [-0.25, -0.2) is 0 Å². The number of hydrogen-bond acceptors (Lipinski definition) is 3. The monoisotopic (exact) mass is 336 g/mol. The van der Waals surface area contributed by atoms with E-state index in [0.717, 1.165) is 42.7 Å². The summed E-state index contributed by atoms with van der Waals surface area (Å²) in [6.45, 7) is 3.57. The van der Waals surface area contributed by atoms with Crippen LogP contribution in [0.4, 0.5) is 5.69 Å². The normalized spacial score (nSPS) is 22.6. The zero-order chi connectivity index (χ0) is 17.2. The second-order valence-corrected chi connectivity index (χ2v) is 6.78. The summed E-state index contributed by atoms with van der Waals surface area (Å²) < 4.78 is 5.79. The number of fused-ring (bicyclic) bond motifs is 1. The molecule has 1 fully saturated rings. The van der Waals surface area contributed by atoms with E-state index < -0.39 is 0 Å². The first-order chi connectivity index (χ1) is 12.3. The highest BCUT2D eigenvalue weighted by atomic mass is 16.5. The Morgan fingerprint density at radius 3 is 2.68 bits per heavy atom. The molecule has 0 aliphatic carbocycles. The lowest BCUT2D eigenvalue weighted by Crippen LogP contribution is -2.46. The molecule has 130 valence electrons. The van der Waals surface area contributed by atoms with Crippen LogP contribution in [0.3, 0.4) is 0 Å². The Labute approximate surface area is 148 Å². The molecule has 0 spiro atoms. The first-order valence-electron chi connectivity index (χ1n) is 9.13. The van der Waals surface area contributed by atoms with Crippen LogP contribution in [0.5, 0.6) is 0 Å². The van der Waals surface area contributed by atoms with Gasteiger partial charge in [-0.3, -0.25) is 4.79 Å². The van der Waals surface area contributed by atoms with Crippen LogP contribution >= 0.6 is 0 Å². The zero-order valence-electron chi connectivity index (χ0n) is 14.6. The van der Waals surface area contributed by atoms with Crippen LogP contribution in [-0.2, 0) is 11.2 Å². The average Bonchev–Trinajstić information content (AvgIpc) is 3.17. The molecule has 2 aromatic carbocycles. The van der Waals surface area contributed by atoms with Crippen LogP contribution in [-0.4, -0.2) is 30.1 Å². The number of anilines is 1. The van der Waals surface area contributed by atoms with Gasteiger partial charge in [0.15, 0.2) is 0 Å². The number of rotatable bonds is 4. The first-order valence-corrected chi connectivity index (χ1v) is 9.13. The fourth-order valence-corrected chi connectivity index (χ4v) is 3.69. The molecule has 2 heterocycles. The maximum Gasteiger partial charge on any atom is 0.257 e. The van der Waals surface area contributed by atoms with E-state index in [1.165, 1.54) is 5.56 Å². The van der Waals surface area contributed by atoms with Gasteiger partial charge >= 0.3 is 0 Å². The molecule has 4 heteroatoms. The largest absolute Gasteiger partial charge is 0.376 e. The highest BCUT2D eigenvalue weighted by molar-refractivity contribution is 6.01. The Morgan fingerprint density at radius 2 is 1.96 bits per heavy atom. The van der Waals surface area contributed by atoms with Crippen molar-refractivity contribution in [3.63, 3.8) is 0 Å². The molecule has 4 rings (SSSR count). The molecule has 0 radical (unpaired) electrons. The molecular weight excluding hydrogens is 312 g/mol. The third-order valence-electron chi connectivity index (χ3n) is 5.15. The molecule has 1 amide bonds. The van der Waals surface area contributed by atoms with E-state index in [1.807, 2.05) is 29.2 Å². The predicted octanol–water partition coefficient (Wildman–Crippen LogP) is 3.99. The number of ether oxygens (including phenoxy) is 1. The van der Waals surface area contributed by atoms with Crippen LogP contribution in [0.2, 0.25) is 0 Å². The van der Waals surface area contributed by atoms with Crippen molar-refractivity contribution in [3.8, 4) is 0 Å². The van der Waals surface area contributed by atoms with E-state index >= 15 is 0 Å². The van der Waals surface area contributed by atoms with Crippen molar-refractivity contribution in [1.82, 2.24) is 4.90 Å². The third-order valence-corrected chi connectivity index (χ3v) is 5.15. The summed E-state index contributed by atoms with van der Waals surface area (Å²) >= 11 is 0. The van der Waals surface area contributed by atoms with Gasteiger partial charge in [-0.05, 0) is 42.5 Å². The van der Waals surface area contributed by atoms with Crippen molar-refractivity contribution >= 4 is 11.6 Å². The van der Waals surface area contributed by atoms with Crippen molar-refractivity contribution in [2.45, 2.75) is 38.5 Å². The van der Waals surface area contributed by atoms with Crippen LogP contribution in [0.15, 0.2) is 48.5 Å². The summed E-state index contributed by atoms with van der Waals surface area (Å²) in [6.07, 6.45) is 3.09. The minimum Gasteiger partial charge on any atom is -0.376 e. The standard InChI is InChI=1S/C21H24N2O2/c1-2-15-9-11-16(12-10-15)20-22-19-8-4-3-7-18(19)21(24)23(20)14-17-6-5-13-25-17/h3-4,7-12,17,20,22H,2,5-6,13-14H2,1H3. The highest BCUT2D eigenvalue weighted by Gasteiger charge is 2.35. The van der Waals surface area contributed by atoms with Gasteiger partial charge in [-0.2, -0.15) is 0 Å². The number of nitrogens with one attached hydrogen (secondary N) is 1. The molecule has 2 aliphatic rings. The van der Waals surface area contributed by atoms with Crippen LogP contribution in [0.1, 0.15) is 47.4 Å². The number of para-hydroxylation sites is 1. The summed E-state index contributed by atoms with van der Waals surface area (Å²) in [7, 11) is 0. The van der Waals surface area contributed by atoms with Crippen molar-refractivity contribution in [3.05, 3.63) is 65.2 Å². The van der Waals surface area contributed by atoms with E-state index in [2.05, 4.69) is 36.5 Å². The van der Waals surface area contributed by atoms with E-state index in [1.54, 1.807) is 0 Å². The molecule has 4 nitrogen and oxygen atoms in total. The molecule has 0 saturated carbocycles. The number of benzene rings is 2. The third kappa shape index (κ3) is 3.14. The molecule has 2 aliphatic heterocycles. The Kier molecular flexibility index (Phi) is 4.45. The molecule has 0 aromatic heterocycles. The van der Waals surface area contributed by atoms with Gasteiger partial charge in [-0.15, -0.1) is 0 Å². The quantitative estimate of drug-likeness (QED) is 0.918. The average molecular weight is 336 g/mol. The van der Waals surface area contributed by atoms with E-state index in [9.17, 15) is 4.79 Å². The SMILES string of the molecule is CCc1ccc(C2Nc3ccccc3C(=O)N2CC2CCCO2)cc1. The first kappa shape index (κ1) is 16.2. The Morgan fingerprint density at radius 1 is 1.16 bits per heavy atom. The molecule has 2 unspecified atom stereocenters. The fraction of sp³-hybridized carbons (Fsp3) is 0.381. The summed E-state index contributed by atoms with van der Waals surface area (Å²) in [5.74, 6) is 0.0782. The Balaban J connectivity index is 1.68.